The summed E-state index contributed by atoms with van der Waals surface area (Å²) < 4.78 is 6.68. The van der Waals surface area contributed by atoms with Gasteiger partial charge in [-0.2, -0.15) is 0 Å². The lowest BCUT2D eigenvalue weighted by molar-refractivity contribution is 0.195. The molecule has 0 radical (unpaired) electrons. The van der Waals surface area contributed by atoms with Gasteiger partial charge < -0.3 is 19.1 Å². The van der Waals surface area contributed by atoms with Gasteiger partial charge in [0.15, 0.2) is 0 Å². The highest BCUT2D eigenvalue weighted by molar-refractivity contribution is 7.00. The third kappa shape index (κ3) is 5.44. The van der Waals surface area contributed by atoms with E-state index in [1.54, 1.807) is 0 Å². The van der Waals surface area contributed by atoms with E-state index in [9.17, 15) is 0 Å². The number of nitrogens with zero attached hydrogens (tertiary/aromatic N) is 3. The second-order valence-electron chi connectivity index (χ2n) is 20.6. The summed E-state index contributed by atoms with van der Waals surface area (Å²) in [4.78, 5) is 7.87. The van der Waals surface area contributed by atoms with Gasteiger partial charge in [-0.15, -0.1) is 0 Å². The maximum Gasteiger partial charge on any atom is 0.252 e. The summed E-state index contributed by atoms with van der Waals surface area (Å²) in [6, 6.07) is 70.3. The van der Waals surface area contributed by atoms with Gasteiger partial charge in [-0.1, -0.05) is 149 Å². The molecule has 1 aliphatic carbocycles. The van der Waals surface area contributed by atoms with Crippen LogP contribution in [0.2, 0.25) is 0 Å². The van der Waals surface area contributed by atoms with Crippen molar-refractivity contribution in [3.63, 3.8) is 0 Å². The van der Waals surface area contributed by atoms with Crippen molar-refractivity contribution in [1.29, 1.82) is 0 Å². The van der Waals surface area contributed by atoms with E-state index in [-0.39, 0.29) is 17.7 Å². The van der Waals surface area contributed by atoms with Crippen molar-refractivity contribution < 1.29 is 4.42 Å². The molecule has 4 aliphatic rings. The molecule has 5 heteroatoms. The maximum atomic E-state index is 6.68. The lowest BCUT2D eigenvalue weighted by Gasteiger charge is -2.53. The number of furan rings is 1. The zero-order valence-electron chi connectivity index (χ0n) is 39.1. The van der Waals surface area contributed by atoms with Crippen LogP contribution in [0, 0.1) is 0 Å². The highest BCUT2D eigenvalue weighted by atomic mass is 16.3. The highest BCUT2D eigenvalue weighted by Crippen LogP contribution is 2.62. The molecular formula is C63H52BN3O. The smallest absolute Gasteiger partial charge is 0.252 e. The van der Waals surface area contributed by atoms with E-state index in [2.05, 4.69) is 230 Å². The Bertz CT molecular complexity index is 3700. The van der Waals surface area contributed by atoms with Gasteiger partial charge in [0.2, 0.25) is 0 Å². The van der Waals surface area contributed by atoms with Gasteiger partial charge in [0.05, 0.1) is 5.54 Å². The van der Waals surface area contributed by atoms with Gasteiger partial charge in [-0.25, -0.2) is 0 Å². The van der Waals surface area contributed by atoms with Crippen LogP contribution >= 0.6 is 0 Å². The van der Waals surface area contributed by atoms with Crippen LogP contribution in [0.15, 0.2) is 192 Å². The minimum absolute atomic E-state index is 0.0419. The van der Waals surface area contributed by atoms with Crippen molar-refractivity contribution in [3.8, 4) is 11.1 Å². The molecule has 14 rings (SSSR count). The van der Waals surface area contributed by atoms with Crippen LogP contribution in [0.1, 0.15) is 70.4 Å². The topological polar surface area (TPSA) is 22.9 Å². The van der Waals surface area contributed by atoms with Gasteiger partial charge in [0.1, 0.15) is 11.2 Å². The predicted molar refractivity (Wildman–Crippen MR) is 288 cm³/mol. The van der Waals surface area contributed by atoms with Crippen LogP contribution in [0.5, 0.6) is 0 Å². The predicted octanol–water partition coefficient (Wildman–Crippen LogP) is 15.4. The van der Waals surface area contributed by atoms with E-state index < -0.39 is 0 Å². The Morgan fingerprint density at radius 1 is 0.559 bits per heavy atom. The third-order valence-electron chi connectivity index (χ3n) is 16.7. The molecule has 1 fully saturated rings. The van der Waals surface area contributed by atoms with E-state index in [0.29, 0.717) is 5.92 Å². The summed E-state index contributed by atoms with van der Waals surface area (Å²) in [5, 5.41) is 4.77. The van der Waals surface area contributed by atoms with E-state index in [0.717, 1.165) is 44.7 Å². The van der Waals surface area contributed by atoms with Crippen LogP contribution in [-0.4, -0.2) is 12.3 Å². The van der Waals surface area contributed by atoms with Crippen molar-refractivity contribution in [2.24, 2.45) is 0 Å². The molecule has 68 heavy (non-hydrogen) atoms. The van der Waals surface area contributed by atoms with Gasteiger partial charge in [0, 0.05) is 67.8 Å². The molecule has 10 aromatic rings. The number of benzene rings is 9. The van der Waals surface area contributed by atoms with E-state index in [4.69, 9.17) is 4.42 Å². The van der Waals surface area contributed by atoms with Crippen LogP contribution in [-0.2, 0) is 5.41 Å². The Morgan fingerprint density at radius 3 is 2.16 bits per heavy atom. The standard InChI is InChI=1S/C63H52BN3O/c1-40(2)43-36-56-60-57(37-43)67-61-52(62(3)33-12-13-34-63(62,67)4)26-16-27-54(61)64(60)53-32-30-46(38-55(53)66(56)47-29-31-51-50-24-10-11-28-58(50)68-59(51)39-47)65(44-20-6-5-7-21-44)45-22-14-19-42(35-45)49-25-15-18-41-17-8-9-23-48(41)49/h5-11,14-32,35-40H,12-13,33-34H2,1-4H3. The minimum atomic E-state index is -0.0447. The zero-order chi connectivity index (χ0) is 45.5. The molecule has 4 heterocycles. The van der Waals surface area contributed by atoms with Crippen molar-refractivity contribution >= 4 is 101 Å². The quantitative estimate of drug-likeness (QED) is 0.155. The average molecular weight is 878 g/mol. The Labute approximate surface area is 399 Å². The molecule has 0 spiro atoms. The first-order valence-electron chi connectivity index (χ1n) is 24.7. The minimum Gasteiger partial charge on any atom is -0.456 e. The van der Waals surface area contributed by atoms with E-state index in [1.807, 2.05) is 0 Å². The molecule has 4 nitrogen and oxygen atoms in total. The summed E-state index contributed by atoms with van der Waals surface area (Å²) in [6.07, 6.45) is 4.89. The largest absolute Gasteiger partial charge is 0.456 e. The van der Waals surface area contributed by atoms with E-state index in [1.165, 1.54) is 97.8 Å². The van der Waals surface area contributed by atoms with E-state index >= 15 is 0 Å². The SMILES string of the molecule is CC(C)c1cc2c3c(c1)N1c4c(cccc4C4(C)CCCCC14C)B3c1ccc(N(c3ccccc3)c3cccc(-c4cccc5ccccc45)c3)cc1N2c1ccc2c(c1)oc1ccccc12. The second-order valence-corrected chi connectivity index (χ2v) is 20.6. The van der Waals surface area contributed by atoms with Gasteiger partial charge in [-0.3, -0.25) is 0 Å². The molecule has 0 N–H and O–H groups in total. The second kappa shape index (κ2) is 14.5. The summed E-state index contributed by atoms with van der Waals surface area (Å²) in [5.74, 6) is 0.329. The molecule has 3 aliphatic heterocycles. The molecule has 0 bridgehead atoms. The molecule has 328 valence electrons. The zero-order valence-corrected chi connectivity index (χ0v) is 39.1. The molecule has 1 aromatic heterocycles. The molecule has 0 saturated heterocycles. The van der Waals surface area contributed by atoms with Gasteiger partial charge >= 0.3 is 0 Å². The molecule has 0 amide bonds. The average Bonchev–Trinajstić information content (AvgIpc) is 3.85. The normalized spacial score (nSPS) is 18.8. The van der Waals surface area contributed by atoms with Crippen LogP contribution in [0.4, 0.5) is 45.5 Å². The Balaban J connectivity index is 1.04. The number of hydrogen-bond acceptors (Lipinski definition) is 4. The number of hydrogen-bond donors (Lipinski definition) is 0. The summed E-state index contributed by atoms with van der Waals surface area (Å²) in [7, 11) is 0. The highest BCUT2D eigenvalue weighted by Gasteiger charge is 2.61. The maximum absolute atomic E-state index is 6.68. The lowest BCUT2D eigenvalue weighted by atomic mass is 9.33. The Kier molecular flexibility index (Phi) is 8.46. The van der Waals surface area contributed by atoms with Crippen LogP contribution in [0.3, 0.4) is 0 Å². The fourth-order valence-electron chi connectivity index (χ4n) is 13.2. The Morgan fingerprint density at radius 2 is 1.28 bits per heavy atom. The van der Waals surface area contributed by atoms with Crippen molar-refractivity contribution in [2.75, 3.05) is 14.7 Å². The Hall–Kier alpha value is -7.50. The summed E-state index contributed by atoms with van der Waals surface area (Å²) in [6.45, 7) is 9.91. The summed E-state index contributed by atoms with van der Waals surface area (Å²) >= 11 is 0. The fraction of sp³-hybridized carbons (Fsp3) is 0.175. The van der Waals surface area contributed by atoms with Crippen molar-refractivity contribution in [1.82, 2.24) is 0 Å². The summed E-state index contributed by atoms with van der Waals surface area (Å²) in [5.41, 5.74) is 20.9. The van der Waals surface area contributed by atoms with Gasteiger partial charge in [0.25, 0.3) is 6.71 Å². The third-order valence-corrected chi connectivity index (χ3v) is 16.7. The first-order chi connectivity index (χ1) is 33.3. The first-order valence-corrected chi connectivity index (χ1v) is 24.7. The number of fused-ring (bicyclic) bond motifs is 11. The number of anilines is 8. The monoisotopic (exact) mass is 877 g/mol. The fourth-order valence-corrected chi connectivity index (χ4v) is 13.2. The molecule has 1 saturated carbocycles. The molecule has 9 aromatic carbocycles. The van der Waals surface area contributed by atoms with Crippen molar-refractivity contribution in [3.05, 3.63) is 199 Å². The van der Waals surface area contributed by atoms with Crippen LogP contribution < -0.4 is 31.1 Å². The van der Waals surface area contributed by atoms with Gasteiger partial charge in [-0.05, 0) is 142 Å². The lowest BCUT2D eigenvalue weighted by Crippen LogP contribution is -2.64. The molecule has 2 atom stereocenters. The first kappa shape index (κ1) is 39.7. The van der Waals surface area contributed by atoms with Crippen LogP contribution in [0.25, 0.3) is 43.8 Å². The van der Waals surface area contributed by atoms with Crippen molar-refractivity contribution in [2.45, 2.75) is 70.3 Å². The number of para-hydroxylation sites is 3. The molecular weight excluding hydrogens is 826 g/mol. The molecule has 2 unspecified atom stereocenters. The number of rotatable bonds is 6.